The van der Waals surface area contributed by atoms with Gasteiger partial charge in [0.15, 0.2) is 0 Å². The lowest BCUT2D eigenvalue weighted by molar-refractivity contribution is -0.130. The van der Waals surface area contributed by atoms with Crippen LogP contribution in [0.15, 0.2) is 16.3 Å². The molecule has 0 saturated carbocycles. The summed E-state index contributed by atoms with van der Waals surface area (Å²) in [6.45, 7) is 0.778. The van der Waals surface area contributed by atoms with E-state index in [-0.39, 0.29) is 35.1 Å². The SMILES string of the molecule is Cl.NCC1CCCN1C(=O)CNS(=O)(=O)c1ccc(Cl)s1. The van der Waals surface area contributed by atoms with Gasteiger partial charge in [0.2, 0.25) is 5.91 Å². The van der Waals surface area contributed by atoms with Gasteiger partial charge in [0.1, 0.15) is 4.21 Å². The van der Waals surface area contributed by atoms with E-state index in [1.807, 2.05) is 0 Å². The molecule has 0 spiro atoms. The number of hydrogen-bond donors (Lipinski definition) is 2. The summed E-state index contributed by atoms with van der Waals surface area (Å²) >= 11 is 6.66. The minimum Gasteiger partial charge on any atom is -0.337 e. The van der Waals surface area contributed by atoms with Crippen LogP contribution in [-0.2, 0) is 14.8 Å². The van der Waals surface area contributed by atoms with Gasteiger partial charge in [-0.25, -0.2) is 13.1 Å². The largest absolute Gasteiger partial charge is 0.337 e. The summed E-state index contributed by atoms with van der Waals surface area (Å²) in [5.41, 5.74) is 5.59. The zero-order valence-electron chi connectivity index (χ0n) is 11.1. The summed E-state index contributed by atoms with van der Waals surface area (Å²) in [5, 5.41) is 0. The van der Waals surface area contributed by atoms with Crippen LogP contribution in [0.1, 0.15) is 12.8 Å². The summed E-state index contributed by atoms with van der Waals surface area (Å²) in [7, 11) is -3.68. The Morgan fingerprint density at radius 3 is 2.81 bits per heavy atom. The topological polar surface area (TPSA) is 92.5 Å². The van der Waals surface area contributed by atoms with Gasteiger partial charge in [-0.15, -0.1) is 23.7 Å². The van der Waals surface area contributed by atoms with Crippen molar-refractivity contribution in [3.05, 3.63) is 16.5 Å². The van der Waals surface area contributed by atoms with Crippen molar-refractivity contribution in [3.8, 4) is 0 Å². The maximum absolute atomic E-state index is 12.0. The van der Waals surface area contributed by atoms with Crippen LogP contribution in [0.2, 0.25) is 4.34 Å². The first-order valence-electron chi connectivity index (χ1n) is 6.18. The lowest BCUT2D eigenvalue weighted by Crippen LogP contribution is -2.45. The Balaban J connectivity index is 0.00000220. The molecule has 2 rings (SSSR count). The zero-order chi connectivity index (χ0) is 14.8. The quantitative estimate of drug-likeness (QED) is 0.806. The fourth-order valence-electron chi connectivity index (χ4n) is 2.18. The van der Waals surface area contributed by atoms with E-state index in [1.54, 1.807) is 4.90 Å². The third-order valence-corrected chi connectivity index (χ3v) is 6.32. The highest BCUT2D eigenvalue weighted by Crippen LogP contribution is 2.25. The Morgan fingerprint density at radius 1 is 1.52 bits per heavy atom. The van der Waals surface area contributed by atoms with E-state index in [0.717, 1.165) is 24.2 Å². The Kier molecular flexibility index (Phi) is 6.89. The maximum Gasteiger partial charge on any atom is 0.250 e. The first-order chi connectivity index (χ1) is 9.44. The van der Waals surface area contributed by atoms with Crippen molar-refractivity contribution < 1.29 is 13.2 Å². The van der Waals surface area contributed by atoms with Gasteiger partial charge in [-0.3, -0.25) is 4.79 Å². The lowest BCUT2D eigenvalue weighted by Gasteiger charge is -2.23. The van der Waals surface area contributed by atoms with Crippen molar-refractivity contribution in [2.45, 2.75) is 23.1 Å². The Hall–Kier alpha value is -0.380. The maximum atomic E-state index is 12.0. The number of halogens is 2. The molecule has 1 fully saturated rings. The monoisotopic (exact) mass is 373 g/mol. The molecule has 1 amide bonds. The molecule has 0 radical (unpaired) electrons. The number of carbonyl (C=O) groups is 1. The van der Waals surface area contributed by atoms with E-state index in [4.69, 9.17) is 17.3 Å². The van der Waals surface area contributed by atoms with Crippen LogP contribution < -0.4 is 10.5 Å². The molecular formula is C11H17Cl2N3O3S2. The molecule has 21 heavy (non-hydrogen) atoms. The number of carbonyl (C=O) groups excluding carboxylic acids is 1. The van der Waals surface area contributed by atoms with Gasteiger partial charge in [-0.2, -0.15) is 0 Å². The number of sulfonamides is 1. The van der Waals surface area contributed by atoms with Gasteiger partial charge in [-0.1, -0.05) is 11.6 Å². The number of likely N-dealkylation sites (tertiary alicyclic amines) is 1. The Labute approximate surface area is 139 Å². The fourth-order valence-corrected chi connectivity index (χ4v) is 4.68. The zero-order valence-corrected chi connectivity index (χ0v) is 14.3. The van der Waals surface area contributed by atoms with Crippen LogP contribution in [0.5, 0.6) is 0 Å². The number of nitrogens with zero attached hydrogens (tertiary/aromatic N) is 1. The minimum absolute atomic E-state index is 0. The number of amides is 1. The molecule has 120 valence electrons. The standard InChI is InChI=1S/C11H16ClN3O3S2.ClH/c12-9-3-4-11(19-9)20(17,18)14-7-10(16)15-5-1-2-8(15)6-13;/h3-4,8,14H,1-2,5-7,13H2;1H. The average molecular weight is 374 g/mol. The molecule has 0 bridgehead atoms. The van der Waals surface area contributed by atoms with Gasteiger partial charge in [-0.05, 0) is 25.0 Å². The third-order valence-electron chi connectivity index (χ3n) is 3.20. The lowest BCUT2D eigenvalue weighted by atomic mass is 10.2. The Morgan fingerprint density at radius 2 is 2.24 bits per heavy atom. The predicted octanol–water partition coefficient (Wildman–Crippen LogP) is 1.05. The van der Waals surface area contributed by atoms with Crippen LogP contribution >= 0.6 is 35.3 Å². The first kappa shape index (κ1) is 18.7. The van der Waals surface area contributed by atoms with Gasteiger partial charge in [0, 0.05) is 19.1 Å². The molecule has 1 unspecified atom stereocenters. The number of thiophene rings is 1. The molecule has 2 heterocycles. The van der Waals surface area contributed by atoms with Crippen molar-refractivity contribution in [2.75, 3.05) is 19.6 Å². The molecular weight excluding hydrogens is 357 g/mol. The normalized spacial score (nSPS) is 18.6. The second kappa shape index (κ2) is 7.75. The molecule has 1 aromatic rings. The number of rotatable bonds is 5. The number of nitrogens with two attached hydrogens (primary N) is 1. The molecule has 1 aromatic heterocycles. The van der Waals surface area contributed by atoms with Gasteiger partial charge >= 0.3 is 0 Å². The highest BCUT2D eigenvalue weighted by Gasteiger charge is 2.28. The molecule has 10 heteroatoms. The highest BCUT2D eigenvalue weighted by atomic mass is 35.5. The second-order valence-corrected chi connectivity index (χ2v) is 8.21. The molecule has 1 aliphatic heterocycles. The van der Waals surface area contributed by atoms with Crippen LogP contribution in [0.25, 0.3) is 0 Å². The van der Waals surface area contributed by atoms with Gasteiger partial charge < -0.3 is 10.6 Å². The summed E-state index contributed by atoms with van der Waals surface area (Å²) < 4.78 is 26.7. The fraction of sp³-hybridized carbons (Fsp3) is 0.545. The van der Waals surface area contributed by atoms with E-state index in [9.17, 15) is 13.2 Å². The molecule has 3 N–H and O–H groups in total. The van der Waals surface area contributed by atoms with Crippen molar-refractivity contribution in [2.24, 2.45) is 5.73 Å². The second-order valence-electron chi connectivity index (χ2n) is 4.50. The van der Waals surface area contributed by atoms with Gasteiger partial charge in [0.25, 0.3) is 10.0 Å². The van der Waals surface area contributed by atoms with Crippen LogP contribution in [-0.4, -0.2) is 44.9 Å². The van der Waals surface area contributed by atoms with Crippen molar-refractivity contribution in [1.82, 2.24) is 9.62 Å². The minimum atomic E-state index is -3.68. The molecule has 1 atom stereocenters. The van der Waals surface area contributed by atoms with Crippen LogP contribution in [0.4, 0.5) is 0 Å². The average Bonchev–Trinajstić information content (AvgIpc) is 3.04. The molecule has 1 saturated heterocycles. The van der Waals surface area contributed by atoms with E-state index in [1.165, 1.54) is 12.1 Å². The highest BCUT2D eigenvalue weighted by molar-refractivity contribution is 7.91. The third kappa shape index (κ3) is 4.54. The van der Waals surface area contributed by atoms with Crippen LogP contribution in [0, 0.1) is 0 Å². The predicted molar refractivity (Wildman–Crippen MR) is 85.6 cm³/mol. The van der Waals surface area contributed by atoms with Crippen molar-refractivity contribution >= 4 is 51.3 Å². The van der Waals surface area contributed by atoms with E-state index in [0.29, 0.717) is 17.4 Å². The van der Waals surface area contributed by atoms with Crippen molar-refractivity contribution in [1.29, 1.82) is 0 Å². The smallest absolute Gasteiger partial charge is 0.250 e. The Bertz CT molecular complexity index is 591. The van der Waals surface area contributed by atoms with Gasteiger partial charge in [0.05, 0.1) is 10.9 Å². The summed E-state index contributed by atoms with van der Waals surface area (Å²) in [5.74, 6) is -0.246. The number of hydrogen-bond acceptors (Lipinski definition) is 5. The molecule has 0 aromatic carbocycles. The van der Waals surface area contributed by atoms with Crippen molar-refractivity contribution in [3.63, 3.8) is 0 Å². The molecule has 0 aliphatic carbocycles. The van der Waals surface area contributed by atoms with E-state index >= 15 is 0 Å². The van der Waals surface area contributed by atoms with Crippen LogP contribution in [0.3, 0.4) is 0 Å². The number of nitrogens with one attached hydrogen (secondary N) is 1. The summed E-state index contributed by atoms with van der Waals surface area (Å²) in [6.07, 6.45) is 1.77. The first-order valence-corrected chi connectivity index (χ1v) is 8.86. The summed E-state index contributed by atoms with van der Waals surface area (Å²) in [6, 6.07) is 2.94. The molecule has 6 nitrogen and oxygen atoms in total. The molecule has 1 aliphatic rings. The van der Waals surface area contributed by atoms with E-state index < -0.39 is 10.0 Å². The van der Waals surface area contributed by atoms with E-state index in [2.05, 4.69) is 4.72 Å². The summed E-state index contributed by atoms with van der Waals surface area (Å²) in [4.78, 5) is 13.7.